The molecule has 144 valence electrons. The van der Waals surface area contributed by atoms with Gasteiger partial charge in [0.25, 0.3) is 5.91 Å². The van der Waals surface area contributed by atoms with Crippen molar-refractivity contribution in [3.05, 3.63) is 59.6 Å². The lowest BCUT2D eigenvalue weighted by Gasteiger charge is -2.18. The Bertz CT molecular complexity index is 775. The number of hydrogen-bond donors (Lipinski definition) is 3. The van der Waals surface area contributed by atoms with E-state index in [9.17, 15) is 4.79 Å². The molecule has 7 nitrogen and oxygen atoms in total. The number of aryl methyl sites for hydroxylation is 2. The van der Waals surface area contributed by atoms with E-state index in [0.717, 1.165) is 16.9 Å². The molecule has 2 aromatic rings. The first-order valence-electron chi connectivity index (χ1n) is 8.78. The number of benzene rings is 1. The van der Waals surface area contributed by atoms with E-state index >= 15 is 0 Å². The SMILES string of the molecule is CCC(Oc1ccc(C)cc1C)C(=O)Nc1ccc(/C=C/ONNC)nc1. The highest BCUT2D eigenvalue weighted by Gasteiger charge is 2.19. The molecule has 0 spiro atoms. The van der Waals surface area contributed by atoms with Gasteiger partial charge in [0.05, 0.1) is 17.6 Å². The minimum absolute atomic E-state index is 0.205. The topological polar surface area (TPSA) is 84.5 Å². The summed E-state index contributed by atoms with van der Waals surface area (Å²) in [7, 11) is 1.69. The Kier molecular flexibility index (Phi) is 7.79. The number of carbonyl (C=O) groups excluding carboxylic acids is 1. The van der Waals surface area contributed by atoms with E-state index < -0.39 is 6.10 Å². The molecule has 1 heterocycles. The molecule has 27 heavy (non-hydrogen) atoms. The molecular formula is C20H26N4O3. The van der Waals surface area contributed by atoms with E-state index in [1.54, 1.807) is 31.5 Å². The molecule has 0 saturated carbocycles. The summed E-state index contributed by atoms with van der Waals surface area (Å²) < 4.78 is 5.91. The summed E-state index contributed by atoms with van der Waals surface area (Å²) in [5, 5.41) is 2.84. The number of anilines is 1. The van der Waals surface area contributed by atoms with Gasteiger partial charge >= 0.3 is 0 Å². The predicted octanol–water partition coefficient (Wildman–Crippen LogP) is 3.12. The number of aromatic nitrogens is 1. The summed E-state index contributed by atoms with van der Waals surface area (Å²) >= 11 is 0. The zero-order valence-electron chi connectivity index (χ0n) is 16.1. The maximum atomic E-state index is 12.5. The van der Waals surface area contributed by atoms with Crippen molar-refractivity contribution >= 4 is 17.7 Å². The first-order chi connectivity index (χ1) is 13.0. The van der Waals surface area contributed by atoms with E-state index in [-0.39, 0.29) is 5.91 Å². The Hall–Kier alpha value is -2.90. The highest BCUT2D eigenvalue weighted by Crippen LogP contribution is 2.21. The van der Waals surface area contributed by atoms with Crippen molar-refractivity contribution in [2.45, 2.75) is 33.3 Å². The minimum Gasteiger partial charge on any atom is -0.480 e. The van der Waals surface area contributed by atoms with Gasteiger partial charge < -0.3 is 14.9 Å². The van der Waals surface area contributed by atoms with Gasteiger partial charge in [0.2, 0.25) is 0 Å². The zero-order chi connectivity index (χ0) is 19.6. The molecule has 1 aromatic carbocycles. The number of carbonyl (C=O) groups is 1. The second-order valence-corrected chi connectivity index (χ2v) is 6.02. The third kappa shape index (κ3) is 6.40. The van der Waals surface area contributed by atoms with Gasteiger partial charge in [-0.05, 0) is 44.0 Å². The van der Waals surface area contributed by atoms with E-state index in [2.05, 4.69) is 21.3 Å². The van der Waals surface area contributed by atoms with Crippen molar-refractivity contribution in [2.75, 3.05) is 12.4 Å². The molecule has 1 aromatic heterocycles. The van der Waals surface area contributed by atoms with Crippen LogP contribution in [0.5, 0.6) is 5.75 Å². The number of nitrogens with one attached hydrogen (secondary N) is 3. The summed E-state index contributed by atoms with van der Waals surface area (Å²) in [5.74, 6) is 0.514. The molecule has 7 heteroatoms. The van der Waals surface area contributed by atoms with E-state index in [4.69, 9.17) is 9.57 Å². The Morgan fingerprint density at radius 2 is 2.07 bits per heavy atom. The highest BCUT2D eigenvalue weighted by molar-refractivity contribution is 5.94. The number of pyridine rings is 1. The van der Waals surface area contributed by atoms with Crippen LogP contribution in [0.25, 0.3) is 6.08 Å². The largest absolute Gasteiger partial charge is 0.480 e. The van der Waals surface area contributed by atoms with Crippen molar-refractivity contribution in [3.8, 4) is 5.75 Å². The Balaban J connectivity index is 1.96. The molecule has 0 bridgehead atoms. The van der Waals surface area contributed by atoms with Crippen LogP contribution in [0.15, 0.2) is 42.8 Å². The van der Waals surface area contributed by atoms with Crippen LogP contribution in [0.2, 0.25) is 0 Å². The lowest BCUT2D eigenvalue weighted by molar-refractivity contribution is -0.122. The zero-order valence-corrected chi connectivity index (χ0v) is 16.1. The molecule has 1 atom stereocenters. The molecule has 2 rings (SSSR count). The number of hydrogen-bond acceptors (Lipinski definition) is 6. The van der Waals surface area contributed by atoms with Crippen LogP contribution in [0.4, 0.5) is 5.69 Å². The molecule has 0 saturated heterocycles. The number of ether oxygens (including phenoxy) is 1. The third-order valence-corrected chi connectivity index (χ3v) is 3.78. The van der Waals surface area contributed by atoms with Gasteiger partial charge in [-0.15, -0.1) is 0 Å². The van der Waals surface area contributed by atoms with Crippen molar-refractivity contribution in [2.24, 2.45) is 0 Å². The highest BCUT2D eigenvalue weighted by atomic mass is 16.7. The molecular weight excluding hydrogens is 344 g/mol. The lowest BCUT2D eigenvalue weighted by atomic mass is 10.1. The smallest absolute Gasteiger partial charge is 0.265 e. The summed E-state index contributed by atoms with van der Waals surface area (Å²) in [4.78, 5) is 21.7. The molecule has 1 unspecified atom stereocenters. The lowest BCUT2D eigenvalue weighted by Crippen LogP contribution is -2.32. The average Bonchev–Trinajstić information content (AvgIpc) is 2.66. The Morgan fingerprint density at radius 3 is 2.70 bits per heavy atom. The minimum atomic E-state index is -0.577. The van der Waals surface area contributed by atoms with Gasteiger partial charge in [-0.3, -0.25) is 9.78 Å². The summed E-state index contributed by atoms with van der Waals surface area (Å²) in [6.07, 6.45) is 4.72. The van der Waals surface area contributed by atoms with Crippen molar-refractivity contribution in [1.82, 2.24) is 16.0 Å². The first kappa shape index (κ1) is 20.4. The van der Waals surface area contributed by atoms with Gasteiger partial charge in [0.15, 0.2) is 6.10 Å². The summed E-state index contributed by atoms with van der Waals surface area (Å²) in [6.45, 7) is 5.91. The normalized spacial score (nSPS) is 12.0. The molecule has 3 N–H and O–H groups in total. The van der Waals surface area contributed by atoms with Crippen LogP contribution < -0.4 is 21.1 Å². The Morgan fingerprint density at radius 1 is 1.26 bits per heavy atom. The van der Waals surface area contributed by atoms with Crippen molar-refractivity contribution in [1.29, 1.82) is 0 Å². The molecule has 1 amide bonds. The number of hydrazine groups is 1. The van der Waals surface area contributed by atoms with E-state index in [1.165, 1.54) is 6.26 Å². The molecule has 0 aliphatic carbocycles. The Labute approximate surface area is 159 Å². The van der Waals surface area contributed by atoms with Gasteiger partial charge in [-0.2, -0.15) is 0 Å². The van der Waals surface area contributed by atoms with Crippen LogP contribution >= 0.6 is 0 Å². The molecule has 0 aliphatic heterocycles. The van der Waals surface area contributed by atoms with Crippen LogP contribution in [-0.4, -0.2) is 24.0 Å². The quantitative estimate of drug-likeness (QED) is 0.357. The summed E-state index contributed by atoms with van der Waals surface area (Å²) in [6, 6.07) is 9.46. The van der Waals surface area contributed by atoms with Crippen LogP contribution in [0.3, 0.4) is 0 Å². The van der Waals surface area contributed by atoms with Gasteiger partial charge in [-0.1, -0.05) is 30.2 Å². The molecule has 0 aliphatic rings. The monoisotopic (exact) mass is 370 g/mol. The van der Waals surface area contributed by atoms with Gasteiger partial charge in [-0.25, -0.2) is 5.43 Å². The first-order valence-corrected chi connectivity index (χ1v) is 8.78. The fraction of sp³-hybridized carbons (Fsp3) is 0.300. The standard InChI is InChI=1S/C20H26N4O3/c1-5-18(27-19-9-6-14(2)12-15(19)3)20(25)23-17-8-7-16(22-13-17)10-11-26-24-21-4/h6-13,18,21,24H,5H2,1-4H3,(H,23,25)/b11-10+. The maximum Gasteiger partial charge on any atom is 0.265 e. The van der Waals surface area contributed by atoms with Crippen LogP contribution in [-0.2, 0) is 9.63 Å². The number of rotatable bonds is 9. The second-order valence-electron chi connectivity index (χ2n) is 6.02. The summed E-state index contributed by atoms with van der Waals surface area (Å²) in [5.41, 5.74) is 8.56. The predicted molar refractivity (Wildman–Crippen MR) is 106 cm³/mol. The third-order valence-electron chi connectivity index (χ3n) is 3.78. The van der Waals surface area contributed by atoms with Gasteiger partial charge in [0.1, 0.15) is 12.0 Å². The number of nitrogens with zero attached hydrogens (tertiary/aromatic N) is 1. The molecule has 0 radical (unpaired) electrons. The van der Waals surface area contributed by atoms with E-state index in [0.29, 0.717) is 17.8 Å². The van der Waals surface area contributed by atoms with Gasteiger partial charge in [0, 0.05) is 13.1 Å². The van der Waals surface area contributed by atoms with Crippen LogP contribution in [0, 0.1) is 13.8 Å². The van der Waals surface area contributed by atoms with Crippen LogP contribution in [0.1, 0.15) is 30.2 Å². The van der Waals surface area contributed by atoms with E-state index in [1.807, 2.05) is 39.0 Å². The molecule has 0 fully saturated rings. The second kappa shape index (κ2) is 10.3. The van der Waals surface area contributed by atoms with Crippen molar-refractivity contribution < 1.29 is 14.4 Å². The average molecular weight is 370 g/mol. The number of amides is 1. The fourth-order valence-electron chi connectivity index (χ4n) is 2.40. The maximum absolute atomic E-state index is 12.5. The van der Waals surface area contributed by atoms with Crippen molar-refractivity contribution in [3.63, 3.8) is 0 Å². The fourth-order valence-corrected chi connectivity index (χ4v) is 2.40.